The highest BCUT2D eigenvalue weighted by Crippen LogP contribution is 2.45. The Labute approximate surface area is 142 Å². The van der Waals surface area contributed by atoms with E-state index in [4.69, 9.17) is 4.42 Å². The molecule has 0 aliphatic heterocycles. The number of rotatable bonds is 5. The zero-order valence-electron chi connectivity index (χ0n) is 14.5. The Bertz CT molecular complexity index is 693. The molecule has 0 spiro atoms. The second-order valence-electron chi connectivity index (χ2n) is 7.69. The zero-order valence-corrected chi connectivity index (χ0v) is 14.5. The third kappa shape index (κ3) is 3.39. The highest BCUT2D eigenvalue weighted by Gasteiger charge is 2.47. The van der Waals surface area contributed by atoms with Crippen LogP contribution in [-0.2, 0) is 11.0 Å². The normalized spacial score (nSPS) is 17.3. The predicted octanol–water partition coefficient (Wildman–Crippen LogP) is 3.60. The summed E-state index contributed by atoms with van der Waals surface area (Å²) >= 11 is 0. The van der Waals surface area contributed by atoms with Crippen molar-refractivity contribution in [3.63, 3.8) is 0 Å². The van der Waals surface area contributed by atoms with E-state index in [0.717, 1.165) is 12.8 Å². The number of aliphatic hydroxyl groups is 1. The monoisotopic (exact) mass is 327 g/mol. The number of nitrogens with one attached hydrogen (secondary N) is 1. The molecule has 3 rings (SSSR count). The molecule has 1 aromatic carbocycles. The lowest BCUT2D eigenvalue weighted by atomic mass is 9.86. The van der Waals surface area contributed by atoms with Gasteiger partial charge in [0.05, 0.1) is 12.8 Å². The molecular weight excluding hydrogens is 302 g/mol. The first-order valence-electron chi connectivity index (χ1n) is 8.46. The van der Waals surface area contributed by atoms with Crippen molar-refractivity contribution in [2.45, 2.75) is 44.6 Å². The molecule has 2 N–H and O–H groups in total. The van der Waals surface area contributed by atoms with E-state index in [1.54, 1.807) is 18.4 Å². The molecule has 0 radical (unpaired) electrons. The summed E-state index contributed by atoms with van der Waals surface area (Å²) in [6.45, 7) is 6.58. The van der Waals surface area contributed by atoms with E-state index in [-0.39, 0.29) is 23.8 Å². The molecule has 1 heterocycles. The van der Waals surface area contributed by atoms with Crippen LogP contribution >= 0.6 is 0 Å². The smallest absolute Gasteiger partial charge is 0.251 e. The molecule has 1 amide bonds. The van der Waals surface area contributed by atoms with Crippen LogP contribution in [0.3, 0.4) is 0 Å². The van der Waals surface area contributed by atoms with Gasteiger partial charge in [0, 0.05) is 5.56 Å². The Hall–Kier alpha value is -2.07. The minimum atomic E-state index is -1.12. The predicted molar refractivity (Wildman–Crippen MR) is 92.8 cm³/mol. The summed E-state index contributed by atoms with van der Waals surface area (Å²) in [5.74, 6) is 0.488. The van der Waals surface area contributed by atoms with Gasteiger partial charge in [-0.15, -0.1) is 0 Å². The maximum Gasteiger partial charge on any atom is 0.251 e. The fourth-order valence-electron chi connectivity index (χ4n) is 2.96. The van der Waals surface area contributed by atoms with Crippen molar-refractivity contribution in [1.29, 1.82) is 0 Å². The first-order chi connectivity index (χ1) is 11.3. The Morgan fingerprint density at radius 3 is 2.38 bits per heavy atom. The Kier molecular flexibility index (Phi) is 4.26. The number of hydrogen-bond acceptors (Lipinski definition) is 3. The van der Waals surface area contributed by atoms with Gasteiger partial charge in [0.1, 0.15) is 11.4 Å². The molecule has 0 saturated heterocycles. The van der Waals surface area contributed by atoms with Gasteiger partial charge >= 0.3 is 0 Å². The highest BCUT2D eigenvalue weighted by atomic mass is 16.4. The summed E-state index contributed by atoms with van der Waals surface area (Å²) in [6.07, 6.45) is 3.45. The molecule has 4 heteroatoms. The van der Waals surface area contributed by atoms with Gasteiger partial charge < -0.3 is 14.8 Å². The average Bonchev–Trinajstić information content (AvgIpc) is 3.26. The molecular formula is C20H25NO3. The van der Waals surface area contributed by atoms with E-state index in [1.165, 1.54) is 5.56 Å². The molecule has 1 aliphatic rings. The number of carbonyl (C=O) groups excluding carboxylic acids is 1. The first-order valence-corrected chi connectivity index (χ1v) is 8.46. The van der Waals surface area contributed by atoms with Gasteiger partial charge in [0.2, 0.25) is 0 Å². The van der Waals surface area contributed by atoms with Crippen LogP contribution in [0.2, 0.25) is 0 Å². The minimum absolute atomic E-state index is 0.0561. The van der Waals surface area contributed by atoms with Crippen molar-refractivity contribution in [3.05, 3.63) is 59.5 Å². The van der Waals surface area contributed by atoms with Crippen LogP contribution in [0.15, 0.2) is 47.1 Å². The Morgan fingerprint density at radius 1 is 1.21 bits per heavy atom. The van der Waals surface area contributed by atoms with Crippen molar-refractivity contribution in [1.82, 2.24) is 5.32 Å². The van der Waals surface area contributed by atoms with Crippen LogP contribution in [0.4, 0.5) is 0 Å². The summed E-state index contributed by atoms with van der Waals surface area (Å²) in [7, 11) is 0. The van der Waals surface area contributed by atoms with Crippen molar-refractivity contribution < 1.29 is 14.3 Å². The quantitative estimate of drug-likeness (QED) is 0.882. The van der Waals surface area contributed by atoms with Gasteiger partial charge in [-0.25, -0.2) is 0 Å². The van der Waals surface area contributed by atoms with E-state index in [1.807, 2.05) is 24.3 Å². The summed E-state index contributed by atoms with van der Waals surface area (Å²) in [5, 5.41) is 13.8. The molecule has 128 valence electrons. The lowest BCUT2D eigenvalue weighted by Crippen LogP contribution is -2.42. The van der Waals surface area contributed by atoms with Crippen LogP contribution in [0, 0.1) is 5.92 Å². The topological polar surface area (TPSA) is 62.5 Å². The molecule has 0 bridgehead atoms. The fraction of sp³-hybridized carbons (Fsp3) is 0.450. The standard InChI is InChI=1S/C20H25NO3/c1-19(2,3)15-8-6-14(7-9-15)18(22)21-13-20(23,16-10-11-16)17-5-4-12-24-17/h4-9,12,16,23H,10-11,13H2,1-3H3,(H,21,22). The molecule has 1 aromatic heterocycles. The maximum atomic E-state index is 12.4. The van der Waals surface area contributed by atoms with Crippen molar-refractivity contribution in [3.8, 4) is 0 Å². The van der Waals surface area contributed by atoms with Gasteiger partial charge in [-0.3, -0.25) is 4.79 Å². The molecule has 1 saturated carbocycles. The van der Waals surface area contributed by atoms with Gasteiger partial charge in [0.15, 0.2) is 0 Å². The number of amides is 1. The number of hydrogen-bond donors (Lipinski definition) is 2. The molecule has 2 aromatic rings. The summed E-state index contributed by atoms with van der Waals surface area (Å²) in [4.78, 5) is 12.4. The van der Waals surface area contributed by atoms with Crippen LogP contribution in [0.1, 0.15) is 55.3 Å². The largest absolute Gasteiger partial charge is 0.466 e. The zero-order chi connectivity index (χ0) is 17.4. The molecule has 1 unspecified atom stereocenters. The molecule has 4 nitrogen and oxygen atoms in total. The number of carbonyl (C=O) groups is 1. The van der Waals surface area contributed by atoms with E-state index in [9.17, 15) is 9.90 Å². The molecule has 1 atom stereocenters. The fourth-order valence-corrected chi connectivity index (χ4v) is 2.96. The Balaban J connectivity index is 1.68. The van der Waals surface area contributed by atoms with Crippen molar-refractivity contribution in [2.75, 3.05) is 6.54 Å². The van der Waals surface area contributed by atoms with Crippen LogP contribution in [0.5, 0.6) is 0 Å². The molecule has 1 aliphatic carbocycles. The van der Waals surface area contributed by atoms with E-state index in [2.05, 4.69) is 26.1 Å². The third-order valence-electron chi connectivity index (χ3n) is 4.73. The number of benzene rings is 1. The van der Waals surface area contributed by atoms with E-state index < -0.39 is 5.60 Å². The second kappa shape index (κ2) is 6.10. The third-order valence-corrected chi connectivity index (χ3v) is 4.73. The van der Waals surface area contributed by atoms with Gasteiger partial charge in [0.25, 0.3) is 5.91 Å². The summed E-state index contributed by atoms with van der Waals surface area (Å²) in [6, 6.07) is 11.2. The lowest BCUT2D eigenvalue weighted by molar-refractivity contribution is -0.00610. The SMILES string of the molecule is CC(C)(C)c1ccc(C(=O)NCC(O)(c2ccco2)C2CC2)cc1. The highest BCUT2D eigenvalue weighted by molar-refractivity contribution is 5.94. The summed E-state index contributed by atoms with van der Waals surface area (Å²) < 4.78 is 5.39. The van der Waals surface area contributed by atoms with E-state index in [0.29, 0.717) is 11.3 Å². The number of furan rings is 1. The van der Waals surface area contributed by atoms with Crippen molar-refractivity contribution >= 4 is 5.91 Å². The Morgan fingerprint density at radius 2 is 1.88 bits per heavy atom. The molecule has 24 heavy (non-hydrogen) atoms. The van der Waals surface area contributed by atoms with Crippen molar-refractivity contribution in [2.24, 2.45) is 5.92 Å². The van der Waals surface area contributed by atoms with Crippen LogP contribution < -0.4 is 5.32 Å². The van der Waals surface area contributed by atoms with Gasteiger partial charge in [-0.05, 0) is 54.0 Å². The van der Waals surface area contributed by atoms with Gasteiger partial charge in [-0.1, -0.05) is 32.9 Å². The van der Waals surface area contributed by atoms with Gasteiger partial charge in [-0.2, -0.15) is 0 Å². The maximum absolute atomic E-state index is 12.4. The lowest BCUT2D eigenvalue weighted by Gasteiger charge is -2.26. The van der Waals surface area contributed by atoms with Crippen LogP contribution in [-0.4, -0.2) is 17.6 Å². The average molecular weight is 327 g/mol. The molecule has 1 fully saturated rings. The van der Waals surface area contributed by atoms with Crippen LogP contribution in [0.25, 0.3) is 0 Å². The second-order valence-corrected chi connectivity index (χ2v) is 7.69. The minimum Gasteiger partial charge on any atom is -0.466 e. The van der Waals surface area contributed by atoms with E-state index >= 15 is 0 Å². The summed E-state index contributed by atoms with van der Waals surface area (Å²) in [5.41, 5.74) is 0.718. The first kappa shape index (κ1) is 16.8.